The lowest BCUT2D eigenvalue weighted by molar-refractivity contribution is -0.119. The van der Waals surface area contributed by atoms with Crippen LogP contribution in [-0.2, 0) is 14.8 Å². The Kier molecular flexibility index (Phi) is 5.46. The number of amides is 1. The van der Waals surface area contributed by atoms with E-state index in [2.05, 4.69) is 5.32 Å². The minimum Gasteiger partial charge on any atom is -0.352 e. The molecule has 1 aliphatic carbocycles. The Hall–Kier alpha value is -1.76. The van der Waals surface area contributed by atoms with Crippen LogP contribution in [0.3, 0.4) is 0 Å². The summed E-state index contributed by atoms with van der Waals surface area (Å²) in [6, 6.07) is 11.1. The standard InChI is InChI=1S/C18H18Cl2N2O3S/c1-12-2-7-15(8-3-12)26(24,25)22(11-18(23)21-13-4-5-13)14-6-9-16(19)17(20)10-14/h2-3,6-10,13H,4-5,11H2,1H3,(H,21,23). The molecule has 0 atom stereocenters. The van der Waals surface area contributed by atoms with Crippen LogP contribution in [0.15, 0.2) is 47.4 Å². The third-order valence-electron chi connectivity index (χ3n) is 4.03. The average Bonchev–Trinajstić information content (AvgIpc) is 3.39. The summed E-state index contributed by atoms with van der Waals surface area (Å²) in [5, 5.41) is 3.34. The smallest absolute Gasteiger partial charge is 0.264 e. The lowest BCUT2D eigenvalue weighted by Crippen LogP contribution is -2.41. The summed E-state index contributed by atoms with van der Waals surface area (Å²) in [4.78, 5) is 12.4. The fourth-order valence-electron chi connectivity index (χ4n) is 2.42. The van der Waals surface area contributed by atoms with Crippen LogP contribution in [0.5, 0.6) is 0 Å². The number of hydrogen-bond acceptors (Lipinski definition) is 3. The van der Waals surface area contributed by atoms with Gasteiger partial charge in [-0.15, -0.1) is 0 Å². The SMILES string of the molecule is Cc1ccc(S(=O)(=O)N(CC(=O)NC2CC2)c2ccc(Cl)c(Cl)c2)cc1. The largest absolute Gasteiger partial charge is 0.352 e. The molecule has 1 N–H and O–H groups in total. The van der Waals surface area contributed by atoms with Crippen molar-refractivity contribution in [3.8, 4) is 0 Å². The Morgan fingerprint density at radius 2 is 1.77 bits per heavy atom. The number of carbonyl (C=O) groups is 1. The number of nitrogens with zero attached hydrogens (tertiary/aromatic N) is 1. The summed E-state index contributed by atoms with van der Waals surface area (Å²) in [7, 11) is -3.94. The monoisotopic (exact) mass is 412 g/mol. The number of rotatable bonds is 6. The van der Waals surface area contributed by atoms with Gasteiger partial charge < -0.3 is 5.32 Å². The van der Waals surface area contributed by atoms with E-state index in [1.807, 2.05) is 6.92 Å². The van der Waals surface area contributed by atoms with E-state index in [-0.39, 0.29) is 34.1 Å². The van der Waals surface area contributed by atoms with Crippen molar-refractivity contribution >= 4 is 44.8 Å². The molecule has 0 unspecified atom stereocenters. The Morgan fingerprint density at radius 1 is 1.12 bits per heavy atom. The molecule has 2 aromatic carbocycles. The van der Waals surface area contributed by atoms with Crippen LogP contribution in [0.25, 0.3) is 0 Å². The number of nitrogens with one attached hydrogen (secondary N) is 1. The van der Waals surface area contributed by atoms with Crippen molar-refractivity contribution in [2.24, 2.45) is 0 Å². The van der Waals surface area contributed by atoms with Crippen LogP contribution in [-0.4, -0.2) is 26.9 Å². The van der Waals surface area contributed by atoms with Crippen molar-refractivity contribution < 1.29 is 13.2 Å². The quantitative estimate of drug-likeness (QED) is 0.784. The number of halogens is 2. The highest BCUT2D eigenvalue weighted by Crippen LogP contribution is 2.30. The van der Waals surface area contributed by atoms with Gasteiger partial charge in [-0.3, -0.25) is 9.10 Å². The van der Waals surface area contributed by atoms with Gasteiger partial charge in [0.2, 0.25) is 5.91 Å². The summed E-state index contributed by atoms with van der Waals surface area (Å²) in [6.45, 7) is 1.54. The predicted octanol–water partition coefficient (Wildman–Crippen LogP) is 3.78. The minimum absolute atomic E-state index is 0.105. The molecule has 0 aromatic heterocycles. The molecule has 0 aliphatic heterocycles. The van der Waals surface area contributed by atoms with Gasteiger partial charge in [0, 0.05) is 6.04 Å². The second-order valence-electron chi connectivity index (χ2n) is 6.26. The van der Waals surface area contributed by atoms with E-state index in [0.717, 1.165) is 22.7 Å². The Balaban J connectivity index is 1.98. The minimum atomic E-state index is -3.94. The first-order valence-electron chi connectivity index (χ1n) is 8.11. The molecule has 0 heterocycles. The number of carbonyl (C=O) groups excluding carboxylic acids is 1. The van der Waals surface area contributed by atoms with Crippen molar-refractivity contribution in [3.63, 3.8) is 0 Å². The van der Waals surface area contributed by atoms with Gasteiger partial charge in [0.05, 0.1) is 20.6 Å². The van der Waals surface area contributed by atoms with Crippen molar-refractivity contribution in [2.75, 3.05) is 10.8 Å². The van der Waals surface area contributed by atoms with Gasteiger partial charge in [0.1, 0.15) is 6.54 Å². The third kappa shape index (κ3) is 4.31. The van der Waals surface area contributed by atoms with Crippen LogP contribution in [0.4, 0.5) is 5.69 Å². The highest BCUT2D eigenvalue weighted by molar-refractivity contribution is 7.92. The first-order chi connectivity index (χ1) is 12.3. The molecule has 1 aliphatic rings. The van der Waals surface area contributed by atoms with E-state index in [1.54, 1.807) is 12.1 Å². The first-order valence-corrected chi connectivity index (χ1v) is 10.3. The van der Waals surface area contributed by atoms with Gasteiger partial charge in [-0.2, -0.15) is 0 Å². The van der Waals surface area contributed by atoms with E-state index in [0.29, 0.717) is 5.02 Å². The highest BCUT2D eigenvalue weighted by Gasteiger charge is 2.30. The third-order valence-corrected chi connectivity index (χ3v) is 6.56. The zero-order valence-electron chi connectivity index (χ0n) is 14.1. The number of aryl methyl sites for hydroxylation is 1. The Bertz CT molecular complexity index is 926. The normalized spacial score (nSPS) is 14.1. The predicted molar refractivity (Wildman–Crippen MR) is 103 cm³/mol. The topological polar surface area (TPSA) is 66.5 Å². The molecule has 1 amide bonds. The van der Waals surface area contributed by atoms with Gasteiger partial charge in [-0.1, -0.05) is 40.9 Å². The fraction of sp³-hybridized carbons (Fsp3) is 0.278. The maximum absolute atomic E-state index is 13.1. The van der Waals surface area contributed by atoms with Crippen molar-refractivity contribution in [3.05, 3.63) is 58.1 Å². The summed E-state index contributed by atoms with van der Waals surface area (Å²) in [5.74, 6) is -0.353. The second kappa shape index (κ2) is 7.47. The molecular formula is C18H18Cl2N2O3S. The molecule has 0 saturated heterocycles. The molecule has 26 heavy (non-hydrogen) atoms. The van der Waals surface area contributed by atoms with E-state index < -0.39 is 10.0 Å². The Morgan fingerprint density at radius 3 is 2.35 bits per heavy atom. The molecule has 0 radical (unpaired) electrons. The number of benzene rings is 2. The molecule has 2 aromatic rings. The van der Waals surface area contributed by atoms with E-state index in [9.17, 15) is 13.2 Å². The number of sulfonamides is 1. The molecule has 0 bridgehead atoms. The molecular weight excluding hydrogens is 395 g/mol. The second-order valence-corrected chi connectivity index (χ2v) is 8.94. The van der Waals surface area contributed by atoms with Gasteiger partial charge in [0.15, 0.2) is 0 Å². The molecule has 1 saturated carbocycles. The maximum atomic E-state index is 13.1. The van der Waals surface area contributed by atoms with E-state index in [1.165, 1.54) is 30.3 Å². The van der Waals surface area contributed by atoms with Gasteiger partial charge >= 0.3 is 0 Å². The lowest BCUT2D eigenvalue weighted by Gasteiger charge is -2.24. The van der Waals surface area contributed by atoms with Crippen molar-refractivity contribution in [1.29, 1.82) is 0 Å². The Labute approximate surface area is 163 Å². The molecule has 8 heteroatoms. The maximum Gasteiger partial charge on any atom is 0.264 e. The van der Waals surface area contributed by atoms with Crippen LogP contribution in [0, 0.1) is 6.92 Å². The van der Waals surface area contributed by atoms with Crippen LogP contribution in [0.2, 0.25) is 10.0 Å². The number of hydrogen-bond donors (Lipinski definition) is 1. The lowest BCUT2D eigenvalue weighted by atomic mass is 10.2. The van der Waals surface area contributed by atoms with E-state index in [4.69, 9.17) is 23.2 Å². The molecule has 5 nitrogen and oxygen atoms in total. The molecule has 1 fully saturated rings. The van der Waals surface area contributed by atoms with Crippen LogP contribution < -0.4 is 9.62 Å². The first kappa shape index (κ1) is 19.0. The molecule has 0 spiro atoms. The zero-order valence-corrected chi connectivity index (χ0v) is 16.4. The average molecular weight is 413 g/mol. The number of anilines is 1. The van der Waals surface area contributed by atoms with Crippen molar-refractivity contribution in [1.82, 2.24) is 5.32 Å². The fourth-order valence-corrected chi connectivity index (χ4v) is 4.13. The van der Waals surface area contributed by atoms with Crippen molar-refractivity contribution in [2.45, 2.75) is 30.7 Å². The summed E-state index contributed by atoms with van der Waals surface area (Å²) >= 11 is 12.0. The van der Waals surface area contributed by atoms with E-state index >= 15 is 0 Å². The summed E-state index contributed by atoms with van der Waals surface area (Å²) in [6.07, 6.45) is 1.84. The van der Waals surface area contributed by atoms with Gasteiger partial charge in [-0.05, 0) is 50.1 Å². The zero-order chi connectivity index (χ0) is 18.9. The summed E-state index contributed by atoms with van der Waals surface area (Å²) < 4.78 is 27.3. The highest BCUT2D eigenvalue weighted by atomic mass is 35.5. The van der Waals surface area contributed by atoms with Crippen LogP contribution in [0.1, 0.15) is 18.4 Å². The van der Waals surface area contributed by atoms with Gasteiger partial charge in [0.25, 0.3) is 10.0 Å². The summed E-state index contributed by atoms with van der Waals surface area (Å²) in [5.41, 5.74) is 1.22. The molecule has 138 valence electrons. The molecule has 3 rings (SSSR count). The van der Waals surface area contributed by atoms with Gasteiger partial charge in [-0.25, -0.2) is 8.42 Å². The van der Waals surface area contributed by atoms with Crippen LogP contribution >= 0.6 is 23.2 Å².